The van der Waals surface area contributed by atoms with E-state index in [4.69, 9.17) is 10.8 Å². The monoisotopic (exact) mass is 219 g/mol. The van der Waals surface area contributed by atoms with Crippen molar-refractivity contribution in [2.75, 3.05) is 0 Å². The summed E-state index contributed by atoms with van der Waals surface area (Å²) in [6, 6.07) is 5.30. The summed E-state index contributed by atoms with van der Waals surface area (Å²) in [5, 5.41) is 9.05. The largest absolute Gasteiger partial charge is 0.476 e. The molecule has 0 saturated heterocycles. The first-order valence-electron chi connectivity index (χ1n) is 4.91. The van der Waals surface area contributed by atoms with Crippen LogP contribution in [0.25, 0.3) is 5.52 Å². The minimum Gasteiger partial charge on any atom is -0.476 e. The molecule has 0 spiro atoms. The fourth-order valence-electron chi connectivity index (χ4n) is 1.65. The lowest BCUT2D eigenvalue weighted by atomic mass is 10.1. The molecule has 3 N–H and O–H groups in total. The first-order chi connectivity index (χ1) is 7.41. The first kappa shape index (κ1) is 10.6. The standard InChI is InChI=1S/C11H13N3O2/c1-11(2,12)10-13-8(9(15)16)7-5-3-4-6-14(7)10/h3-6H,12H2,1-2H3,(H,15,16). The van der Waals surface area contributed by atoms with Crippen LogP contribution in [0.15, 0.2) is 24.4 Å². The van der Waals surface area contributed by atoms with Crippen LogP contribution < -0.4 is 5.73 Å². The maximum atomic E-state index is 11.0. The third-order valence-corrected chi connectivity index (χ3v) is 2.33. The molecule has 0 aromatic carbocycles. The van der Waals surface area contributed by atoms with Crippen molar-refractivity contribution in [1.29, 1.82) is 0 Å². The highest BCUT2D eigenvalue weighted by atomic mass is 16.4. The molecule has 0 radical (unpaired) electrons. The highest BCUT2D eigenvalue weighted by Gasteiger charge is 2.24. The molecule has 0 aliphatic carbocycles. The highest BCUT2D eigenvalue weighted by molar-refractivity contribution is 5.93. The number of carboxylic acids is 1. The molecule has 0 atom stereocenters. The Hall–Kier alpha value is -1.88. The Morgan fingerprint density at radius 2 is 2.19 bits per heavy atom. The molecule has 0 saturated carbocycles. The molecule has 2 heterocycles. The fourth-order valence-corrected chi connectivity index (χ4v) is 1.65. The number of nitrogens with two attached hydrogens (primary N) is 1. The number of nitrogens with zero attached hydrogens (tertiary/aromatic N) is 2. The van der Waals surface area contributed by atoms with Crippen molar-refractivity contribution in [1.82, 2.24) is 9.38 Å². The average molecular weight is 219 g/mol. The van der Waals surface area contributed by atoms with Gasteiger partial charge in [-0.15, -0.1) is 0 Å². The van der Waals surface area contributed by atoms with Crippen LogP contribution >= 0.6 is 0 Å². The van der Waals surface area contributed by atoms with Crippen LogP contribution in [0, 0.1) is 0 Å². The van der Waals surface area contributed by atoms with E-state index in [0.29, 0.717) is 11.3 Å². The van der Waals surface area contributed by atoms with Crippen molar-refractivity contribution in [2.45, 2.75) is 19.4 Å². The summed E-state index contributed by atoms with van der Waals surface area (Å²) >= 11 is 0. The third kappa shape index (κ3) is 1.55. The number of carbonyl (C=O) groups is 1. The van der Waals surface area contributed by atoms with Crippen molar-refractivity contribution in [2.24, 2.45) is 5.73 Å². The van der Waals surface area contributed by atoms with Gasteiger partial charge in [0.05, 0.1) is 11.1 Å². The second-order valence-corrected chi connectivity index (χ2v) is 4.27. The van der Waals surface area contributed by atoms with Gasteiger partial charge >= 0.3 is 5.97 Å². The molecule has 2 aromatic heterocycles. The van der Waals surface area contributed by atoms with E-state index in [1.807, 2.05) is 6.07 Å². The lowest BCUT2D eigenvalue weighted by Crippen LogP contribution is -2.31. The summed E-state index contributed by atoms with van der Waals surface area (Å²) in [5.41, 5.74) is 5.87. The molecule has 0 fully saturated rings. The van der Waals surface area contributed by atoms with Gasteiger partial charge in [0.1, 0.15) is 5.82 Å². The van der Waals surface area contributed by atoms with Gasteiger partial charge in [-0.2, -0.15) is 0 Å². The molecule has 0 bridgehead atoms. The predicted octanol–water partition coefficient (Wildman–Crippen LogP) is 1.23. The Balaban J connectivity index is 2.82. The topological polar surface area (TPSA) is 80.6 Å². The van der Waals surface area contributed by atoms with Gasteiger partial charge in [0.25, 0.3) is 0 Å². The van der Waals surface area contributed by atoms with Gasteiger partial charge in [-0.05, 0) is 26.0 Å². The molecule has 2 aromatic rings. The number of aromatic carboxylic acids is 1. The zero-order valence-corrected chi connectivity index (χ0v) is 9.14. The van der Waals surface area contributed by atoms with Gasteiger partial charge in [-0.1, -0.05) is 6.07 Å². The van der Waals surface area contributed by atoms with E-state index in [1.54, 1.807) is 36.6 Å². The zero-order valence-electron chi connectivity index (χ0n) is 9.14. The summed E-state index contributed by atoms with van der Waals surface area (Å²) in [4.78, 5) is 15.1. The number of hydrogen-bond acceptors (Lipinski definition) is 3. The van der Waals surface area contributed by atoms with Crippen LogP contribution in [0.3, 0.4) is 0 Å². The van der Waals surface area contributed by atoms with E-state index in [-0.39, 0.29) is 5.69 Å². The molecule has 2 rings (SSSR count). The smallest absolute Gasteiger partial charge is 0.356 e. The number of rotatable bonds is 2. The lowest BCUT2D eigenvalue weighted by Gasteiger charge is -2.16. The first-order valence-corrected chi connectivity index (χ1v) is 4.91. The van der Waals surface area contributed by atoms with E-state index in [9.17, 15) is 4.79 Å². The summed E-state index contributed by atoms with van der Waals surface area (Å²) in [6.45, 7) is 3.58. The Bertz CT molecular complexity index is 552. The number of hydrogen-bond donors (Lipinski definition) is 2. The molecular formula is C11H13N3O2. The molecule has 0 aliphatic heterocycles. The van der Waals surface area contributed by atoms with Gasteiger partial charge < -0.3 is 15.2 Å². The van der Waals surface area contributed by atoms with E-state index in [2.05, 4.69) is 4.98 Å². The number of fused-ring (bicyclic) bond motifs is 1. The Morgan fingerprint density at radius 1 is 1.50 bits per heavy atom. The molecule has 84 valence electrons. The van der Waals surface area contributed by atoms with Crippen molar-refractivity contribution in [3.63, 3.8) is 0 Å². The average Bonchev–Trinajstić information content (AvgIpc) is 2.56. The number of aromatic nitrogens is 2. The minimum absolute atomic E-state index is 0.0362. The molecule has 5 nitrogen and oxygen atoms in total. The fraction of sp³-hybridized carbons (Fsp3) is 0.273. The normalized spacial score (nSPS) is 11.9. The van der Waals surface area contributed by atoms with E-state index >= 15 is 0 Å². The predicted molar refractivity (Wildman–Crippen MR) is 59.4 cm³/mol. The highest BCUT2D eigenvalue weighted by Crippen LogP contribution is 2.20. The maximum Gasteiger partial charge on any atom is 0.356 e. The van der Waals surface area contributed by atoms with Crippen LogP contribution in [-0.4, -0.2) is 20.5 Å². The van der Waals surface area contributed by atoms with Crippen molar-refractivity contribution >= 4 is 11.5 Å². The van der Waals surface area contributed by atoms with Gasteiger partial charge in [0.15, 0.2) is 5.69 Å². The van der Waals surface area contributed by atoms with E-state index in [1.165, 1.54) is 0 Å². The zero-order chi connectivity index (χ0) is 11.9. The molecule has 0 amide bonds. The van der Waals surface area contributed by atoms with Crippen LogP contribution in [0.2, 0.25) is 0 Å². The van der Waals surface area contributed by atoms with E-state index in [0.717, 1.165) is 0 Å². The molecule has 0 aliphatic rings. The summed E-state index contributed by atoms with van der Waals surface area (Å²) < 4.78 is 1.71. The van der Waals surface area contributed by atoms with E-state index < -0.39 is 11.5 Å². The van der Waals surface area contributed by atoms with Crippen LogP contribution in [0.4, 0.5) is 0 Å². The van der Waals surface area contributed by atoms with Crippen LogP contribution in [0.5, 0.6) is 0 Å². The van der Waals surface area contributed by atoms with Gasteiger partial charge in [-0.25, -0.2) is 9.78 Å². The second-order valence-electron chi connectivity index (χ2n) is 4.27. The quantitative estimate of drug-likeness (QED) is 0.795. The minimum atomic E-state index is -1.04. The Morgan fingerprint density at radius 3 is 2.75 bits per heavy atom. The second kappa shape index (κ2) is 3.31. The summed E-state index contributed by atoms with van der Waals surface area (Å²) in [6.07, 6.45) is 1.76. The van der Waals surface area contributed by atoms with Gasteiger partial charge in [0.2, 0.25) is 0 Å². The van der Waals surface area contributed by atoms with Crippen molar-refractivity contribution < 1.29 is 9.90 Å². The number of imidazole rings is 1. The third-order valence-electron chi connectivity index (χ3n) is 2.33. The van der Waals surface area contributed by atoms with Gasteiger partial charge in [-0.3, -0.25) is 0 Å². The molecule has 5 heteroatoms. The lowest BCUT2D eigenvalue weighted by molar-refractivity contribution is 0.0693. The van der Waals surface area contributed by atoms with Crippen molar-refractivity contribution in [3.8, 4) is 0 Å². The Kier molecular flexibility index (Phi) is 2.20. The SMILES string of the molecule is CC(C)(N)c1nc(C(=O)O)c2ccccn12. The number of pyridine rings is 1. The molecule has 0 unspecified atom stereocenters. The van der Waals surface area contributed by atoms with Crippen LogP contribution in [-0.2, 0) is 5.54 Å². The van der Waals surface area contributed by atoms with Crippen LogP contribution in [0.1, 0.15) is 30.2 Å². The maximum absolute atomic E-state index is 11.0. The number of carboxylic acid groups (broad SMARTS) is 1. The van der Waals surface area contributed by atoms with Crippen molar-refractivity contribution in [3.05, 3.63) is 35.9 Å². The molecule has 16 heavy (non-hydrogen) atoms. The molecular weight excluding hydrogens is 206 g/mol. The summed E-state index contributed by atoms with van der Waals surface area (Å²) in [5.74, 6) is -0.500. The van der Waals surface area contributed by atoms with Gasteiger partial charge in [0, 0.05) is 6.20 Å². The Labute approximate surface area is 92.5 Å². The summed E-state index contributed by atoms with van der Waals surface area (Å²) in [7, 11) is 0.